The third-order valence-corrected chi connectivity index (χ3v) is 3.89. The quantitative estimate of drug-likeness (QED) is 0.496. The van der Waals surface area contributed by atoms with Crippen molar-refractivity contribution in [3.8, 4) is 23.0 Å². The van der Waals surface area contributed by atoms with Gasteiger partial charge in [-0.15, -0.1) is 0 Å². The first-order chi connectivity index (χ1) is 13.1. The summed E-state index contributed by atoms with van der Waals surface area (Å²) in [6.45, 7) is 0.296. The number of carbonyl (C=O) groups is 1. The van der Waals surface area contributed by atoms with E-state index in [0.29, 0.717) is 30.3 Å². The van der Waals surface area contributed by atoms with E-state index in [4.69, 9.17) is 23.7 Å². The molecule has 0 spiro atoms. The van der Waals surface area contributed by atoms with E-state index in [1.54, 1.807) is 25.3 Å². The zero-order chi connectivity index (χ0) is 19.6. The molecule has 0 aromatic heterocycles. The van der Waals surface area contributed by atoms with Crippen LogP contribution in [0.15, 0.2) is 42.5 Å². The summed E-state index contributed by atoms with van der Waals surface area (Å²) in [4.78, 5) is 11.9. The van der Waals surface area contributed by atoms with Gasteiger partial charge < -0.3 is 23.7 Å². The number of ether oxygens (including phenoxy) is 5. The van der Waals surface area contributed by atoms with Crippen LogP contribution in [0.3, 0.4) is 0 Å². The molecular formula is C21H24O6. The molecule has 6 nitrogen and oxygen atoms in total. The van der Waals surface area contributed by atoms with Crippen molar-refractivity contribution in [3.05, 3.63) is 53.6 Å². The molecule has 0 amide bonds. The van der Waals surface area contributed by atoms with Crippen LogP contribution in [0.1, 0.15) is 11.1 Å². The summed E-state index contributed by atoms with van der Waals surface area (Å²) in [5.41, 5.74) is 1.80. The molecule has 0 aliphatic carbocycles. The minimum absolute atomic E-state index is 0.296. The van der Waals surface area contributed by atoms with E-state index >= 15 is 0 Å². The molecule has 0 heterocycles. The van der Waals surface area contributed by atoms with E-state index in [1.165, 1.54) is 27.4 Å². The molecule has 0 aliphatic rings. The maximum absolute atomic E-state index is 11.9. The second-order valence-corrected chi connectivity index (χ2v) is 5.56. The second kappa shape index (κ2) is 10.1. The second-order valence-electron chi connectivity index (χ2n) is 5.56. The molecule has 0 radical (unpaired) electrons. The Bertz CT molecular complexity index is 755. The Hall–Kier alpha value is -3.15. The number of carbonyl (C=O) groups excluding carboxylic acids is 1. The number of benzene rings is 2. The SMILES string of the molecule is COc1ccc(CCOC(=O)/C=C/c2cc(OC)c(OC)c(OC)c2)cc1. The fourth-order valence-electron chi connectivity index (χ4n) is 2.47. The highest BCUT2D eigenvalue weighted by Gasteiger charge is 2.12. The van der Waals surface area contributed by atoms with Crippen molar-refractivity contribution in [2.24, 2.45) is 0 Å². The van der Waals surface area contributed by atoms with Crippen molar-refractivity contribution in [3.63, 3.8) is 0 Å². The predicted molar refractivity (Wildman–Crippen MR) is 103 cm³/mol. The minimum Gasteiger partial charge on any atom is -0.497 e. The largest absolute Gasteiger partial charge is 0.497 e. The highest BCUT2D eigenvalue weighted by Crippen LogP contribution is 2.38. The Morgan fingerprint density at radius 1 is 0.889 bits per heavy atom. The lowest BCUT2D eigenvalue weighted by Gasteiger charge is -2.12. The summed E-state index contributed by atoms with van der Waals surface area (Å²) in [5, 5.41) is 0. The van der Waals surface area contributed by atoms with E-state index in [0.717, 1.165) is 16.9 Å². The van der Waals surface area contributed by atoms with Gasteiger partial charge in [0, 0.05) is 12.5 Å². The number of hydrogen-bond acceptors (Lipinski definition) is 6. The maximum Gasteiger partial charge on any atom is 0.330 e. The van der Waals surface area contributed by atoms with E-state index < -0.39 is 5.97 Å². The lowest BCUT2D eigenvalue weighted by molar-refractivity contribution is -0.137. The number of rotatable bonds is 9. The van der Waals surface area contributed by atoms with Gasteiger partial charge in [-0.05, 0) is 41.5 Å². The van der Waals surface area contributed by atoms with E-state index in [2.05, 4.69) is 0 Å². The van der Waals surface area contributed by atoms with Crippen molar-refractivity contribution < 1.29 is 28.5 Å². The zero-order valence-corrected chi connectivity index (χ0v) is 16.0. The average Bonchev–Trinajstić information content (AvgIpc) is 2.71. The van der Waals surface area contributed by atoms with Crippen molar-refractivity contribution in [2.45, 2.75) is 6.42 Å². The van der Waals surface area contributed by atoms with E-state index in [9.17, 15) is 4.79 Å². The van der Waals surface area contributed by atoms with Crippen molar-refractivity contribution in [1.29, 1.82) is 0 Å². The van der Waals surface area contributed by atoms with Crippen molar-refractivity contribution in [1.82, 2.24) is 0 Å². The maximum atomic E-state index is 11.9. The van der Waals surface area contributed by atoms with Crippen LogP contribution in [0.5, 0.6) is 23.0 Å². The highest BCUT2D eigenvalue weighted by molar-refractivity contribution is 5.87. The Kier molecular flexibility index (Phi) is 7.55. The van der Waals surface area contributed by atoms with Crippen LogP contribution in [0.2, 0.25) is 0 Å². The van der Waals surface area contributed by atoms with Crippen LogP contribution < -0.4 is 18.9 Å². The topological polar surface area (TPSA) is 63.2 Å². The van der Waals surface area contributed by atoms with Crippen LogP contribution in [-0.2, 0) is 16.0 Å². The zero-order valence-electron chi connectivity index (χ0n) is 16.0. The van der Waals surface area contributed by atoms with Crippen LogP contribution >= 0.6 is 0 Å². The van der Waals surface area contributed by atoms with Gasteiger partial charge in [-0.25, -0.2) is 4.79 Å². The molecule has 27 heavy (non-hydrogen) atoms. The molecule has 0 atom stereocenters. The van der Waals surface area contributed by atoms with Gasteiger partial charge in [0.15, 0.2) is 11.5 Å². The Morgan fingerprint density at radius 2 is 1.52 bits per heavy atom. The Balaban J connectivity index is 1.93. The molecule has 2 aromatic carbocycles. The molecule has 2 rings (SSSR count). The lowest BCUT2D eigenvalue weighted by Crippen LogP contribution is -2.04. The number of methoxy groups -OCH3 is 4. The lowest BCUT2D eigenvalue weighted by atomic mass is 10.1. The van der Waals surface area contributed by atoms with Gasteiger partial charge in [-0.3, -0.25) is 0 Å². The summed E-state index contributed by atoms with van der Waals surface area (Å²) in [7, 11) is 6.24. The summed E-state index contributed by atoms with van der Waals surface area (Å²) in [6, 6.07) is 11.1. The van der Waals surface area contributed by atoms with Gasteiger partial charge in [0.25, 0.3) is 0 Å². The summed E-state index contributed by atoms with van der Waals surface area (Å²) in [5.74, 6) is 1.91. The summed E-state index contributed by atoms with van der Waals surface area (Å²) < 4.78 is 26.2. The first kappa shape index (κ1) is 20.2. The van der Waals surface area contributed by atoms with Crippen LogP contribution in [0, 0.1) is 0 Å². The standard InChI is InChI=1S/C21H24O6/c1-23-17-8-5-15(6-9-17)11-12-27-20(22)10-7-16-13-18(24-2)21(26-4)19(14-16)25-3/h5-10,13-14H,11-12H2,1-4H3/b10-7+. The van der Waals surface area contributed by atoms with Gasteiger partial charge in [0.2, 0.25) is 5.75 Å². The molecule has 0 bridgehead atoms. The van der Waals surface area contributed by atoms with Crippen molar-refractivity contribution in [2.75, 3.05) is 35.0 Å². The molecule has 0 aliphatic heterocycles. The third-order valence-electron chi connectivity index (χ3n) is 3.89. The van der Waals surface area contributed by atoms with Gasteiger partial charge >= 0.3 is 5.97 Å². The normalized spacial score (nSPS) is 10.5. The van der Waals surface area contributed by atoms with E-state index in [-0.39, 0.29) is 0 Å². The summed E-state index contributed by atoms with van der Waals surface area (Å²) >= 11 is 0. The number of hydrogen-bond donors (Lipinski definition) is 0. The molecular weight excluding hydrogens is 348 g/mol. The Morgan fingerprint density at radius 3 is 2.04 bits per heavy atom. The molecule has 144 valence electrons. The third kappa shape index (κ3) is 5.67. The van der Waals surface area contributed by atoms with Crippen molar-refractivity contribution >= 4 is 12.0 Å². The fraction of sp³-hybridized carbons (Fsp3) is 0.286. The molecule has 0 N–H and O–H groups in total. The first-order valence-corrected chi connectivity index (χ1v) is 8.39. The van der Waals surface area contributed by atoms with Gasteiger partial charge in [-0.2, -0.15) is 0 Å². The van der Waals surface area contributed by atoms with Gasteiger partial charge in [-0.1, -0.05) is 12.1 Å². The predicted octanol–water partition coefficient (Wildman–Crippen LogP) is 3.52. The molecule has 0 fully saturated rings. The smallest absolute Gasteiger partial charge is 0.330 e. The fourth-order valence-corrected chi connectivity index (χ4v) is 2.47. The monoisotopic (exact) mass is 372 g/mol. The molecule has 2 aromatic rings. The molecule has 6 heteroatoms. The molecule has 0 saturated carbocycles. The van der Waals surface area contributed by atoms with Crippen LogP contribution in [0.25, 0.3) is 6.08 Å². The Labute approximate surface area is 159 Å². The first-order valence-electron chi connectivity index (χ1n) is 8.39. The minimum atomic E-state index is -0.419. The van der Waals surface area contributed by atoms with Gasteiger partial charge in [0.1, 0.15) is 5.75 Å². The summed E-state index contributed by atoms with van der Waals surface area (Å²) in [6.07, 6.45) is 3.64. The molecule has 0 saturated heterocycles. The van der Waals surface area contributed by atoms with Gasteiger partial charge in [0.05, 0.1) is 35.0 Å². The highest BCUT2D eigenvalue weighted by atomic mass is 16.5. The molecule has 0 unspecified atom stereocenters. The van der Waals surface area contributed by atoms with Crippen LogP contribution in [-0.4, -0.2) is 41.0 Å². The van der Waals surface area contributed by atoms with E-state index in [1.807, 2.05) is 24.3 Å². The average molecular weight is 372 g/mol. The van der Waals surface area contributed by atoms with Crippen LogP contribution in [0.4, 0.5) is 0 Å². The number of esters is 1.